The predicted octanol–water partition coefficient (Wildman–Crippen LogP) is 1.60. The first-order chi connectivity index (χ1) is 7.84. The molecule has 0 aliphatic carbocycles. The van der Waals surface area contributed by atoms with Gasteiger partial charge in [0.2, 0.25) is 5.91 Å². The van der Waals surface area contributed by atoms with Crippen LogP contribution in [0.5, 0.6) is 0 Å². The van der Waals surface area contributed by atoms with Crippen LogP contribution in [-0.4, -0.2) is 35.4 Å². The van der Waals surface area contributed by atoms with Crippen molar-refractivity contribution in [2.75, 3.05) is 14.1 Å². The second-order valence-electron chi connectivity index (χ2n) is 4.95. The highest BCUT2D eigenvalue weighted by atomic mass is 16.2. The molecule has 1 N–H and O–H groups in total. The molecule has 4 nitrogen and oxygen atoms in total. The maximum Gasteiger partial charge on any atom is 0.241 e. The minimum Gasteiger partial charge on any atom is -0.347 e. The second-order valence-corrected chi connectivity index (χ2v) is 4.95. The van der Waals surface area contributed by atoms with Gasteiger partial charge in [0.25, 0.3) is 0 Å². The summed E-state index contributed by atoms with van der Waals surface area (Å²) in [5, 5.41) is 3.30. The smallest absolute Gasteiger partial charge is 0.241 e. The maximum absolute atomic E-state index is 12.0. The van der Waals surface area contributed by atoms with Gasteiger partial charge in [-0.15, -0.1) is 0 Å². The van der Waals surface area contributed by atoms with Crippen LogP contribution in [0.4, 0.5) is 0 Å². The maximum atomic E-state index is 12.0. The zero-order valence-corrected chi connectivity index (χ0v) is 11.2. The predicted molar refractivity (Wildman–Crippen MR) is 68.6 cm³/mol. The number of pyridine rings is 1. The van der Waals surface area contributed by atoms with Crippen molar-refractivity contribution < 1.29 is 4.79 Å². The average Bonchev–Trinajstić information content (AvgIpc) is 2.28. The third-order valence-corrected chi connectivity index (χ3v) is 2.65. The Morgan fingerprint density at radius 2 is 2.06 bits per heavy atom. The molecule has 4 heteroatoms. The van der Waals surface area contributed by atoms with E-state index < -0.39 is 5.54 Å². The zero-order valence-electron chi connectivity index (χ0n) is 11.2. The van der Waals surface area contributed by atoms with Gasteiger partial charge in [-0.2, -0.15) is 0 Å². The molecule has 0 saturated carbocycles. The van der Waals surface area contributed by atoms with Gasteiger partial charge in [0.05, 0.1) is 11.2 Å². The third kappa shape index (κ3) is 3.53. The summed E-state index contributed by atoms with van der Waals surface area (Å²) in [6.07, 6.45) is 1.76. The number of likely N-dealkylation sites (N-methyl/N-ethyl adjacent to an activating group) is 1. The van der Waals surface area contributed by atoms with E-state index in [-0.39, 0.29) is 11.9 Å². The summed E-state index contributed by atoms with van der Waals surface area (Å²) >= 11 is 0. The molecular weight excluding hydrogens is 214 g/mol. The first-order valence-corrected chi connectivity index (χ1v) is 5.75. The lowest BCUT2D eigenvalue weighted by molar-refractivity contribution is -0.134. The number of amides is 1. The van der Waals surface area contributed by atoms with Crippen LogP contribution in [0.2, 0.25) is 0 Å². The quantitative estimate of drug-likeness (QED) is 0.862. The summed E-state index contributed by atoms with van der Waals surface area (Å²) in [5.41, 5.74) is 0.340. The van der Waals surface area contributed by atoms with Crippen molar-refractivity contribution in [1.82, 2.24) is 15.2 Å². The number of nitrogens with one attached hydrogen (secondary N) is 1. The zero-order chi connectivity index (χ0) is 13.1. The molecule has 0 radical (unpaired) electrons. The van der Waals surface area contributed by atoms with Crippen LogP contribution in [-0.2, 0) is 4.79 Å². The molecule has 0 aliphatic rings. The van der Waals surface area contributed by atoms with E-state index in [4.69, 9.17) is 0 Å². The number of carbonyl (C=O) groups is 1. The number of carbonyl (C=O) groups excluding carboxylic acids is 1. The molecule has 0 aliphatic heterocycles. The third-order valence-electron chi connectivity index (χ3n) is 2.65. The van der Waals surface area contributed by atoms with E-state index in [1.54, 1.807) is 25.2 Å². The molecule has 0 bridgehead atoms. The summed E-state index contributed by atoms with van der Waals surface area (Å²) in [7, 11) is 3.52. The second kappa shape index (κ2) is 5.27. The highest BCUT2D eigenvalue weighted by molar-refractivity contribution is 5.85. The molecule has 1 rings (SSSR count). The number of nitrogens with zero attached hydrogens (tertiary/aromatic N) is 2. The summed E-state index contributed by atoms with van der Waals surface area (Å²) in [4.78, 5) is 17.8. The van der Waals surface area contributed by atoms with Crippen LogP contribution in [0.3, 0.4) is 0 Å². The summed E-state index contributed by atoms with van der Waals surface area (Å²) in [6.45, 7) is 5.77. The van der Waals surface area contributed by atoms with E-state index in [1.807, 2.05) is 39.0 Å². The highest BCUT2D eigenvalue weighted by Gasteiger charge is 2.30. The lowest BCUT2D eigenvalue weighted by Crippen LogP contribution is -2.52. The standard InChI is InChI=1S/C13H21N3O/c1-10(11-8-6-7-9-14-11)15-13(2,3)12(17)16(4)5/h6-10,15H,1-5H3/t10-/m0/s1. The van der Waals surface area contributed by atoms with E-state index in [0.29, 0.717) is 0 Å². The number of hydrogen-bond donors (Lipinski definition) is 1. The summed E-state index contributed by atoms with van der Waals surface area (Å²) in [5.74, 6) is 0.0558. The number of rotatable bonds is 4. The topological polar surface area (TPSA) is 45.2 Å². The van der Waals surface area contributed by atoms with Crippen molar-refractivity contribution in [2.24, 2.45) is 0 Å². The van der Waals surface area contributed by atoms with Crippen molar-refractivity contribution >= 4 is 5.91 Å². The van der Waals surface area contributed by atoms with Crippen LogP contribution < -0.4 is 5.32 Å². The Balaban J connectivity index is 2.74. The molecule has 1 heterocycles. The van der Waals surface area contributed by atoms with Crippen molar-refractivity contribution in [1.29, 1.82) is 0 Å². The molecule has 1 aromatic heterocycles. The fourth-order valence-electron chi connectivity index (χ4n) is 1.87. The first-order valence-electron chi connectivity index (χ1n) is 5.75. The van der Waals surface area contributed by atoms with E-state index in [9.17, 15) is 4.79 Å². The molecule has 0 spiro atoms. The van der Waals surface area contributed by atoms with E-state index in [0.717, 1.165) is 5.69 Å². The minimum atomic E-state index is -0.597. The minimum absolute atomic E-state index is 0.0371. The van der Waals surface area contributed by atoms with Gasteiger partial charge in [0.15, 0.2) is 0 Å². The molecule has 0 fully saturated rings. The van der Waals surface area contributed by atoms with Gasteiger partial charge >= 0.3 is 0 Å². The Hall–Kier alpha value is -1.42. The van der Waals surface area contributed by atoms with Crippen molar-refractivity contribution in [3.63, 3.8) is 0 Å². The molecular formula is C13H21N3O. The molecule has 0 unspecified atom stereocenters. The van der Waals surface area contributed by atoms with Gasteiger partial charge in [-0.25, -0.2) is 0 Å². The van der Waals surface area contributed by atoms with Crippen molar-refractivity contribution in [2.45, 2.75) is 32.4 Å². The van der Waals surface area contributed by atoms with Gasteiger partial charge in [-0.1, -0.05) is 6.07 Å². The van der Waals surface area contributed by atoms with Crippen LogP contribution in [0.1, 0.15) is 32.5 Å². The van der Waals surface area contributed by atoms with Gasteiger partial charge < -0.3 is 4.90 Å². The largest absolute Gasteiger partial charge is 0.347 e. The summed E-state index contributed by atoms with van der Waals surface area (Å²) < 4.78 is 0. The van der Waals surface area contributed by atoms with E-state index >= 15 is 0 Å². The molecule has 1 atom stereocenters. The molecule has 0 saturated heterocycles. The first kappa shape index (κ1) is 13.6. The lowest BCUT2D eigenvalue weighted by atomic mass is 10.0. The normalized spacial score (nSPS) is 13.2. The van der Waals surface area contributed by atoms with Crippen LogP contribution in [0, 0.1) is 0 Å². The van der Waals surface area contributed by atoms with E-state index in [1.165, 1.54) is 0 Å². The van der Waals surface area contributed by atoms with Crippen LogP contribution in [0.15, 0.2) is 24.4 Å². The van der Waals surface area contributed by atoms with Gasteiger partial charge in [-0.05, 0) is 32.9 Å². The Bertz CT molecular complexity index is 374. The van der Waals surface area contributed by atoms with Gasteiger partial charge in [-0.3, -0.25) is 15.1 Å². The molecule has 17 heavy (non-hydrogen) atoms. The van der Waals surface area contributed by atoms with Crippen LogP contribution in [0.25, 0.3) is 0 Å². The van der Waals surface area contributed by atoms with Gasteiger partial charge in [0.1, 0.15) is 0 Å². The fraction of sp³-hybridized carbons (Fsp3) is 0.538. The van der Waals surface area contributed by atoms with Crippen molar-refractivity contribution in [3.05, 3.63) is 30.1 Å². The highest BCUT2D eigenvalue weighted by Crippen LogP contribution is 2.15. The molecule has 1 aromatic rings. The molecule has 94 valence electrons. The fourth-order valence-corrected chi connectivity index (χ4v) is 1.87. The SMILES string of the molecule is C[C@H](NC(C)(C)C(=O)N(C)C)c1ccccn1. The number of hydrogen-bond acceptors (Lipinski definition) is 3. The van der Waals surface area contributed by atoms with Crippen LogP contribution >= 0.6 is 0 Å². The Morgan fingerprint density at radius 1 is 1.41 bits per heavy atom. The monoisotopic (exact) mass is 235 g/mol. The van der Waals surface area contributed by atoms with Crippen molar-refractivity contribution in [3.8, 4) is 0 Å². The Morgan fingerprint density at radius 3 is 2.53 bits per heavy atom. The lowest BCUT2D eigenvalue weighted by Gasteiger charge is -2.31. The average molecular weight is 235 g/mol. The molecule has 1 amide bonds. The number of aromatic nitrogens is 1. The Kier molecular flexibility index (Phi) is 4.23. The van der Waals surface area contributed by atoms with E-state index in [2.05, 4.69) is 10.3 Å². The van der Waals surface area contributed by atoms with Gasteiger partial charge in [0, 0.05) is 26.3 Å². The molecule has 0 aromatic carbocycles. The summed E-state index contributed by atoms with van der Waals surface area (Å²) in [6, 6.07) is 5.82. The Labute approximate surface area is 103 Å².